The van der Waals surface area contributed by atoms with Crippen LogP contribution in [0.5, 0.6) is 0 Å². The van der Waals surface area contributed by atoms with E-state index < -0.39 is 0 Å². The molecule has 1 aromatic heterocycles. The fourth-order valence-corrected chi connectivity index (χ4v) is 4.06. The summed E-state index contributed by atoms with van der Waals surface area (Å²) in [6.07, 6.45) is 8.76. The molecule has 0 saturated carbocycles. The van der Waals surface area contributed by atoms with Gasteiger partial charge in [-0.3, -0.25) is 0 Å². The lowest BCUT2D eigenvalue weighted by Crippen LogP contribution is -2.10. The van der Waals surface area contributed by atoms with Crippen LogP contribution in [-0.4, -0.2) is 11.3 Å². The van der Waals surface area contributed by atoms with E-state index in [9.17, 15) is 0 Å². The second-order valence-corrected chi connectivity index (χ2v) is 8.81. The van der Waals surface area contributed by atoms with Crippen LogP contribution in [0.4, 0.5) is 11.5 Å². The maximum atomic E-state index is 4.48. The number of pyridine rings is 1. The van der Waals surface area contributed by atoms with Crippen molar-refractivity contribution in [2.45, 2.75) is 46.0 Å². The van der Waals surface area contributed by atoms with Crippen molar-refractivity contribution < 1.29 is 0 Å². The van der Waals surface area contributed by atoms with Gasteiger partial charge in [0, 0.05) is 25.9 Å². The first-order valence-electron chi connectivity index (χ1n) is 9.09. The van der Waals surface area contributed by atoms with Crippen LogP contribution in [0.15, 0.2) is 48.8 Å². The van der Waals surface area contributed by atoms with Gasteiger partial charge in [-0.25, -0.2) is 4.98 Å². The predicted octanol–water partition coefficient (Wildman–Crippen LogP) is 6.03. The second-order valence-electron chi connectivity index (χ2n) is 8.27. The van der Waals surface area contributed by atoms with Crippen molar-refractivity contribution in [1.82, 2.24) is 4.98 Å². The number of anilines is 2. The first-order chi connectivity index (χ1) is 12.4. The number of benzene rings is 1. The standard InChI is InChI=1S/C22H28N3P/c1-15(14-22(2,3)4)24-19-9-8-16-11-18(12-17(16)13-19)20-7-6-10-23-21(20)25-26-5/h6-10,13,18,24H,1,5,11-12,14H2,2-4H3,(H,23,25). The molecule has 0 radical (unpaired) electrons. The second kappa shape index (κ2) is 7.63. The van der Waals surface area contributed by atoms with Crippen LogP contribution in [0, 0.1) is 5.41 Å². The molecule has 2 aromatic rings. The zero-order valence-corrected chi connectivity index (χ0v) is 16.9. The Morgan fingerprint density at radius 3 is 2.73 bits per heavy atom. The summed E-state index contributed by atoms with van der Waals surface area (Å²) >= 11 is 0. The smallest absolute Gasteiger partial charge is 0.136 e. The molecule has 1 unspecified atom stereocenters. The highest BCUT2D eigenvalue weighted by molar-refractivity contribution is 7.38. The first-order valence-corrected chi connectivity index (χ1v) is 10.2. The third kappa shape index (κ3) is 4.53. The predicted molar refractivity (Wildman–Crippen MR) is 115 cm³/mol. The Bertz CT molecular complexity index is 820. The summed E-state index contributed by atoms with van der Waals surface area (Å²) in [6, 6.07) is 10.9. The van der Waals surface area contributed by atoms with E-state index in [-0.39, 0.29) is 5.41 Å². The van der Waals surface area contributed by atoms with Crippen LogP contribution >= 0.6 is 8.35 Å². The Morgan fingerprint density at radius 1 is 1.23 bits per heavy atom. The maximum absolute atomic E-state index is 4.48. The summed E-state index contributed by atoms with van der Waals surface area (Å²) < 4.78 is 0. The van der Waals surface area contributed by atoms with E-state index in [2.05, 4.69) is 73.3 Å². The number of aromatic nitrogens is 1. The highest BCUT2D eigenvalue weighted by Gasteiger charge is 2.25. The molecule has 1 heterocycles. The van der Waals surface area contributed by atoms with Crippen LogP contribution < -0.4 is 10.4 Å². The van der Waals surface area contributed by atoms with Gasteiger partial charge in [0.05, 0.1) is 0 Å². The molecule has 3 rings (SSSR count). The lowest BCUT2D eigenvalue weighted by Gasteiger charge is -2.21. The van der Waals surface area contributed by atoms with E-state index in [1.165, 1.54) is 16.7 Å². The summed E-state index contributed by atoms with van der Waals surface area (Å²) in [7, 11) is 0.879. The highest BCUT2D eigenvalue weighted by atomic mass is 31.1. The van der Waals surface area contributed by atoms with E-state index in [1.807, 2.05) is 12.3 Å². The van der Waals surface area contributed by atoms with Gasteiger partial charge in [0.1, 0.15) is 5.82 Å². The molecule has 1 atom stereocenters. The Labute approximate surface area is 158 Å². The number of hydrogen-bond donors (Lipinski definition) is 2. The maximum Gasteiger partial charge on any atom is 0.136 e. The average molecular weight is 365 g/mol. The molecule has 0 aliphatic heterocycles. The van der Waals surface area contributed by atoms with Crippen LogP contribution in [0.1, 0.15) is 49.8 Å². The molecular weight excluding hydrogens is 337 g/mol. The van der Waals surface area contributed by atoms with Gasteiger partial charge in [-0.15, -0.1) is 0 Å². The average Bonchev–Trinajstić information content (AvgIpc) is 2.97. The molecule has 26 heavy (non-hydrogen) atoms. The van der Waals surface area contributed by atoms with Gasteiger partial charge in [0.25, 0.3) is 0 Å². The SMILES string of the molecule is C=PNc1ncccc1C1Cc2ccc(NC(=C)CC(C)(C)C)cc2C1. The summed E-state index contributed by atoms with van der Waals surface area (Å²) in [4.78, 5) is 4.48. The fraction of sp³-hybridized carbons (Fsp3) is 0.364. The Hall–Kier alpha value is -2.12. The monoisotopic (exact) mass is 365 g/mol. The normalized spacial score (nSPS) is 16.3. The number of nitrogens with zero attached hydrogens (tertiary/aromatic N) is 1. The fourth-order valence-electron chi connectivity index (χ4n) is 3.72. The molecule has 3 nitrogen and oxygen atoms in total. The van der Waals surface area contributed by atoms with Crippen molar-refractivity contribution in [2.75, 3.05) is 10.4 Å². The molecule has 0 amide bonds. The van der Waals surface area contributed by atoms with Gasteiger partial charge >= 0.3 is 0 Å². The molecule has 0 spiro atoms. The zero-order chi connectivity index (χ0) is 18.7. The molecule has 4 heteroatoms. The van der Waals surface area contributed by atoms with Crippen molar-refractivity contribution in [3.63, 3.8) is 0 Å². The van der Waals surface area contributed by atoms with Crippen molar-refractivity contribution in [3.8, 4) is 0 Å². The van der Waals surface area contributed by atoms with E-state index in [0.717, 1.165) is 44.8 Å². The van der Waals surface area contributed by atoms with Crippen LogP contribution in [-0.2, 0) is 12.8 Å². The number of rotatable bonds is 6. The molecule has 136 valence electrons. The molecule has 0 saturated heterocycles. The Morgan fingerprint density at radius 2 is 2.00 bits per heavy atom. The molecule has 2 N–H and O–H groups in total. The molecule has 0 bridgehead atoms. The van der Waals surface area contributed by atoms with Gasteiger partial charge in [-0.05, 0) is 65.5 Å². The highest BCUT2D eigenvalue weighted by Crippen LogP contribution is 2.38. The van der Waals surface area contributed by atoms with E-state index in [4.69, 9.17) is 0 Å². The Kier molecular flexibility index (Phi) is 5.48. The third-order valence-electron chi connectivity index (χ3n) is 4.67. The van der Waals surface area contributed by atoms with Crippen molar-refractivity contribution >= 4 is 26.2 Å². The minimum absolute atomic E-state index is 0.239. The summed E-state index contributed by atoms with van der Waals surface area (Å²) in [5, 5.41) is 6.75. The van der Waals surface area contributed by atoms with Gasteiger partial charge in [0.2, 0.25) is 0 Å². The first kappa shape index (κ1) is 18.7. The molecule has 1 aliphatic rings. The number of allylic oxidation sites excluding steroid dienone is 1. The van der Waals surface area contributed by atoms with Gasteiger partial charge < -0.3 is 10.4 Å². The van der Waals surface area contributed by atoms with Crippen LogP contribution in [0.25, 0.3) is 0 Å². The lowest BCUT2D eigenvalue weighted by atomic mass is 9.91. The molecular formula is C22H28N3P. The third-order valence-corrected chi connectivity index (χ3v) is 5.04. The van der Waals surface area contributed by atoms with Gasteiger partial charge in [-0.1, -0.05) is 45.8 Å². The lowest BCUT2D eigenvalue weighted by molar-refractivity contribution is 0.411. The summed E-state index contributed by atoms with van der Waals surface area (Å²) in [5.41, 5.74) is 6.59. The minimum Gasteiger partial charge on any atom is -0.359 e. The van der Waals surface area contributed by atoms with Crippen LogP contribution in [0.3, 0.4) is 0 Å². The molecule has 1 aliphatic carbocycles. The minimum atomic E-state index is 0.239. The number of hydrogen-bond acceptors (Lipinski definition) is 3. The van der Waals surface area contributed by atoms with Crippen molar-refractivity contribution in [3.05, 3.63) is 65.5 Å². The van der Waals surface area contributed by atoms with E-state index in [0.29, 0.717) is 5.92 Å². The van der Waals surface area contributed by atoms with Crippen molar-refractivity contribution in [1.29, 1.82) is 0 Å². The number of fused-ring (bicyclic) bond motifs is 1. The Balaban J connectivity index is 1.74. The number of nitrogens with one attached hydrogen (secondary N) is 2. The van der Waals surface area contributed by atoms with Gasteiger partial charge in [-0.2, -0.15) is 0 Å². The summed E-state index contributed by atoms with van der Waals surface area (Å²) in [6.45, 7) is 10.9. The molecule has 0 fully saturated rings. The zero-order valence-electron chi connectivity index (χ0n) is 16.0. The largest absolute Gasteiger partial charge is 0.359 e. The topological polar surface area (TPSA) is 37.0 Å². The summed E-state index contributed by atoms with van der Waals surface area (Å²) in [5.74, 6) is 1.43. The molecule has 1 aromatic carbocycles. The quantitative estimate of drug-likeness (QED) is 0.614. The van der Waals surface area contributed by atoms with Crippen molar-refractivity contribution in [2.24, 2.45) is 5.41 Å². The van der Waals surface area contributed by atoms with E-state index >= 15 is 0 Å². The van der Waals surface area contributed by atoms with E-state index in [1.54, 1.807) is 0 Å². The van der Waals surface area contributed by atoms with Gasteiger partial charge in [0.15, 0.2) is 0 Å². The van der Waals surface area contributed by atoms with Crippen LogP contribution in [0.2, 0.25) is 0 Å².